The number of ether oxygens (including phenoxy) is 1. The van der Waals surface area contributed by atoms with Crippen molar-refractivity contribution in [3.63, 3.8) is 0 Å². The highest BCUT2D eigenvalue weighted by molar-refractivity contribution is 6.30. The zero-order valence-corrected chi connectivity index (χ0v) is 14.6. The molecule has 2 aromatic rings. The lowest BCUT2D eigenvalue weighted by molar-refractivity contribution is 0.0559. The van der Waals surface area contributed by atoms with Gasteiger partial charge in [0.2, 0.25) is 5.89 Å². The minimum absolute atomic E-state index is 0.0125. The number of carbonyl (C=O) groups excluding carboxylic acids is 1. The predicted molar refractivity (Wildman–Crippen MR) is 89.6 cm³/mol. The third-order valence-electron chi connectivity index (χ3n) is 4.16. The molecule has 0 radical (unpaired) electrons. The van der Waals surface area contributed by atoms with Crippen molar-refractivity contribution in [3.8, 4) is 0 Å². The van der Waals surface area contributed by atoms with Crippen LogP contribution < -0.4 is 5.56 Å². The van der Waals surface area contributed by atoms with Gasteiger partial charge in [-0.15, -0.1) is 0 Å². The lowest BCUT2D eigenvalue weighted by atomic mass is 10.0. The van der Waals surface area contributed by atoms with E-state index in [4.69, 9.17) is 20.9 Å². The Bertz CT molecular complexity index is 803. The molecular formula is C16H19ClN4O4. The van der Waals surface area contributed by atoms with Crippen molar-refractivity contribution in [2.24, 2.45) is 0 Å². The average Bonchev–Trinajstić information content (AvgIpc) is 3.10. The van der Waals surface area contributed by atoms with Gasteiger partial charge in [-0.3, -0.25) is 9.59 Å². The summed E-state index contributed by atoms with van der Waals surface area (Å²) in [7, 11) is 1.60. The first-order chi connectivity index (χ1) is 12.1. The number of likely N-dealkylation sites (tertiary alicyclic amines) is 1. The molecule has 1 aliphatic rings. The van der Waals surface area contributed by atoms with Crippen LogP contribution in [0.5, 0.6) is 0 Å². The summed E-state index contributed by atoms with van der Waals surface area (Å²) in [6, 6.07) is 1.04. The van der Waals surface area contributed by atoms with Crippen LogP contribution in [0.15, 0.2) is 21.6 Å². The number of nitrogens with zero attached hydrogens (tertiary/aromatic N) is 3. The number of H-pyrrole nitrogens is 1. The number of aromatic nitrogens is 3. The van der Waals surface area contributed by atoms with Gasteiger partial charge < -0.3 is 19.1 Å². The molecule has 1 saturated heterocycles. The van der Waals surface area contributed by atoms with Gasteiger partial charge in [-0.1, -0.05) is 16.8 Å². The van der Waals surface area contributed by atoms with Crippen molar-refractivity contribution in [2.45, 2.75) is 31.7 Å². The summed E-state index contributed by atoms with van der Waals surface area (Å²) in [6.07, 6.45) is 4.39. The zero-order valence-electron chi connectivity index (χ0n) is 13.8. The smallest absolute Gasteiger partial charge is 0.260 e. The van der Waals surface area contributed by atoms with Crippen LogP contribution in [0, 0.1) is 0 Å². The highest BCUT2D eigenvalue weighted by Gasteiger charge is 2.33. The molecule has 0 aromatic carbocycles. The van der Waals surface area contributed by atoms with Gasteiger partial charge >= 0.3 is 0 Å². The van der Waals surface area contributed by atoms with Crippen molar-refractivity contribution >= 4 is 17.5 Å². The number of pyridine rings is 1. The fourth-order valence-corrected chi connectivity index (χ4v) is 3.06. The van der Waals surface area contributed by atoms with Gasteiger partial charge in [0.1, 0.15) is 11.6 Å². The summed E-state index contributed by atoms with van der Waals surface area (Å²) in [4.78, 5) is 33.3. The van der Waals surface area contributed by atoms with E-state index in [0.717, 1.165) is 12.8 Å². The average molecular weight is 367 g/mol. The number of rotatable bonds is 5. The number of hydrogen-bond donors (Lipinski definition) is 1. The van der Waals surface area contributed by atoms with E-state index < -0.39 is 5.56 Å². The Balaban J connectivity index is 1.85. The van der Waals surface area contributed by atoms with Crippen LogP contribution in [0.3, 0.4) is 0 Å². The summed E-state index contributed by atoms with van der Waals surface area (Å²) in [5, 5.41) is 4.24. The topological polar surface area (TPSA) is 101 Å². The molecule has 0 aliphatic carbocycles. The van der Waals surface area contributed by atoms with Gasteiger partial charge in [0.25, 0.3) is 11.5 Å². The third kappa shape index (κ3) is 3.91. The van der Waals surface area contributed by atoms with Gasteiger partial charge in [-0.25, -0.2) is 0 Å². The molecule has 1 aliphatic heterocycles. The molecule has 2 aromatic heterocycles. The Hall–Kier alpha value is -2.19. The minimum atomic E-state index is -0.468. The highest BCUT2D eigenvalue weighted by Crippen LogP contribution is 2.31. The van der Waals surface area contributed by atoms with Crippen molar-refractivity contribution in [1.82, 2.24) is 20.0 Å². The number of carbonyl (C=O) groups is 1. The van der Waals surface area contributed by atoms with E-state index in [-0.39, 0.29) is 17.5 Å². The Kier molecular flexibility index (Phi) is 5.50. The largest absolute Gasteiger partial charge is 0.384 e. The second kappa shape index (κ2) is 7.79. The lowest BCUT2D eigenvalue weighted by Crippen LogP contribution is -2.40. The Morgan fingerprint density at radius 3 is 3.16 bits per heavy atom. The number of aromatic amines is 1. The predicted octanol–water partition coefficient (Wildman–Crippen LogP) is 1.97. The maximum atomic E-state index is 12.9. The Morgan fingerprint density at radius 2 is 2.36 bits per heavy atom. The molecule has 0 saturated carbocycles. The van der Waals surface area contributed by atoms with Crippen molar-refractivity contribution < 1.29 is 14.1 Å². The molecule has 134 valence electrons. The van der Waals surface area contributed by atoms with E-state index in [2.05, 4.69) is 15.1 Å². The maximum absolute atomic E-state index is 12.9. The van der Waals surface area contributed by atoms with Gasteiger partial charge in [0, 0.05) is 26.3 Å². The fraction of sp³-hybridized carbons (Fsp3) is 0.500. The summed E-state index contributed by atoms with van der Waals surface area (Å²) in [5.74, 6) is 0.540. The van der Waals surface area contributed by atoms with Crippen molar-refractivity contribution in [1.29, 1.82) is 0 Å². The maximum Gasteiger partial charge on any atom is 0.260 e. The van der Waals surface area contributed by atoms with E-state index in [1.807, 2.05) is 0 Å². The van der Waals surface area contributed by atoms with Gasteiger partial charge in [0.05, 0.1) is 11.6 Å². The summed E-state index contributed by atoms with van der Waals surface area (Å²) in [5.41, 5.74) is -0.455. The van der Waals surface area contributed by atoms with E-state index >= 15 is 0 Å². The normalized spacial score (nSPS) is 17.7. The van der Waals surface area contributed by atoms with Crippen LogP contribution in [0.25, 0.3) is 0 Å². The quantitative estimate of drug-likeness (QED) is 0.868. The van der Waals surface area contributed by atoms with E-state index in [1.54, 1.807) is 12.0 Å². The number of nitrogens with one attached hydrogen (secondary N) is 1. The molecule has 0 spiro atoms. The standard InChI is InChI=1S/C16H19ClN4O4/c1-24-7-5-13-19-15(25-20-13)12-4-2-3-6-21(12)16(23)11-8-10(17)9-18-14(11)22/h8-9,12H,2-7H2,1H3,(H,18,22). The Morgan fingerprint density at radius 1 is 1.52 bits per heavy atom. The Labute approximate surface area is 149 Å². The van der Waals surface area contributed by atoms with Crippen LogP contribution >= 0.6 is 11.6 Å². The number of piperidine rings is 1. The first-order valence-electron chi connectivity index (χ1n) is 8.10. The third-order valence-corrected chi connectivity index (χ3v) is 4.38. The van der Waals surface area contributed by atoms with Gasteiger partial charge in [0.15, 0.2) is 5.82 Å². The molecule has 9 heteroatoms. The van der Waals surface area contributed by atoms with E-state index in [9.17, 15) is 9.59 Å². The molecule has 1 amide bonds. The fourth-order valence-electron chi connectivity index (χ4n) is 2.90. The van der Waals surface area contributed by atoms with Crippen molar-refractivity contribution in [3.05, 3.63) is 44.9 Å². The molecule has 25 heavy (non-hydrogen) atoms. The molecule has 3 heterocycles. The van der Waals surface area contributed by atoms with Gasteiger partial charge in [-0.05, 0) is 25.3 Å². The van der Waals surface area contributed by atoms with Crippen LogP contribution in [0.1, 0.15) is 47.4 Å². The summed E-state index contributed by atoms with van der Waals surface area (Å²) in [6.45, 7) is 1.01. The molecule has 3 rings (SSSR count). The molecule has 1 atom stereocenters. The number of methoxy groups -OCH3 is 1. The number of hydrogen-bond acceptors (Lipinski definition) is 6. The summed E-state index contributed by atoms with van der Waals surface area (Å²) >= 11 is 5.91. The second-order valence-electron chi connectivity index (χ2n) is 5.86. The molecular weight excluding hydrogens is 348 g/mol. The van der Waals surface area contributed by atoms with Gasteiger partial charge in [-0.2, -0.15) is 4.98 Å². The van der Waals surface area contributed by atoms with Crippen LogP contribution in [0.4, 0.5) is 0 Å². The number of halogens is 1. The van der Waals surface area contributed by atoms with Crippen LogP contribution in [-0.4, -0.2) is 46.2 Å². The highest BCUT2D eigenvalue weighted by atomic mass is 35.5. The molecule has 1 fully saturated rings. The van der Waals surface area contributed by atoms with E-state index in [0.29, 0.717) is 42.7 Å². The monoisotopic (exact) mass is 366 g/mol. The molecule has 0 bridgehead atoms. The summed E-state index contributed by atoms with van der Waals surface area (Å²) < 4.78 is 10.4. The first-order valence-corrected chi connectivity index (χ1v) is 8.48. The molecule has 8 nitrogen and oxygen atoms in total. The first kappa shape index (κ1) is 17.6. The molecule has 1 unspecified atom stereocenters. The zero-order chi connectivity index (χ0) is 17.8. The molecule has 1 N–H and O–H groups in total. The SMILES string of the molecule is COCCc1noc(C2CCCCN2C(=O)c2cc(Cl)c[nH]c2=O)n1. The second-order valence-corrected chi connectivity index (χ2v) is 6.30. The van der Waals surface area contributed by atoms with Crippen LogP contribution in [-0.2, 0) is 11.2 Å². The number of amides is 1. The van der Waals surface area contributed by atoms with Crippen LogP contribution in [0.2, 0.25) is 5.02 Å². The minimum Gasteiger partial charge on any atom is -0.384 e. The lowest BCUT2D eigenvalue weighted by Gasteiger charge is -2.33. The van der Waals surface area contributed by atoms with Crippen molar-refractivity contribution in [2.75, 3.05) is 20.3 Å². The van der Waals surface area contributed by atoms with E-state index in [1.165, 1.54) is 12.3 Å².